The number of carbonyl (C=O) groups is 2. The van der Waals surface area contributed by atoms with Crippen molar-refractivity contribution in [1.29, 1.82) is 10.5 Å². The Kier molecular flexibility index (Phi) is 9.39. The first-order chi connectivity index (χ1) is 17.6. The molecule has 7 nitrogen and oxygen atoms in total. The largest absolute Gasteiger partial charge is 0.462 e. The molecule has 9 heteroatoms. The van der Waals surface area contributed by atoms with E-state index < -0.39 is 11.2 Å². The quantitative estimate of drug-likeness (QED) is 0.289. The van der Waals surface area contributed by atoms with E-state index in [0.717, 1.165) is 48.3 Å². The Bertz CT molecular complexity index is 1270. The average Bonchev–Trinajstić information content (AvgIpc) is 3.20. The summed E-state index contributed by atoms with van der Waals surface area (Å²) >= 11 is 2.32. The van der Waals surface area contributed by atoms with Crippen molar-refractivity contribution in [2.75, 3.05) is 11.9 Å². The van der Waals surface area contributed by atoms with Gasteiger partial charge in [0.05, 0.1) is 23.0 Å². The van der Waals surface area contributed by atoms with Crippen molar-refractivity contribution >= 4 is 40.0 Å². The lowest BCUT2D eigenvalue weighted by atomic mass is 9.69. The van der Waals surface area contributed by atoms with E-state index in [9.17, 15) is 20.1 Å². The first-order valence-corrected chi connectivity index (χ1v) is 14.4. The molecule has 1 aliphatic carbocycles. The SMILES string of the molecule is CCOC(=O)c1sc(NC(=O)C(CC)Sc2nc3c(cc2C#N)CC(C(C)(C)CC)CC3)c(C#N)c1C. The van der Waals surface area contributed by atoms with Gasteiger partial charge in [-0.1, -0.05) is 45.9 Å². The molecule has 2 unspecified atom stereocenters. The van der Waals surface area contributed by atoms with Crippen molar-refractivity contribution in [3.05, 3.63) is 38.9 Å². The number of hydrogen-bond donors (Lipinski definition) is 1. The van der Waals surface area contributed by atoms with Gasteiger partial charge in [0.25, 0.3) is 0 Å². The van der Waals surface area contributed by atoms with Gasteiger partial charge in [0, 0.05) is 5.69 Å². The van der Waals surface area contributed by atoms with Crippen molar-refractivity contribution < 1.29 is 14.3 Å². The highest BCUT2D eigenvalue weighted by Crippen LogP contribution is 2.41. The minimum atomic E-state index is -0.520. The van der Waals surface area contributed by atoms with Gasteiger partial charge in [0.15, 0.2) is 0 Å². The second-order valence-electron chi connectivity index (χ2n) is 9.94. The Morgan fingerprint density at radius 2 is 2.03 bits per heavy atom. The number of nitrogens with one attached hydrogen (secondary N) is 1. The van der Waals surface area contributed by atoms with E-state index in [1.54, 1.807) is 13.8 Å². The number of aromatic nitrogens is 1. The third kappa shape index (κ3) is 6.17. The summed E-state index contributed by atoms with van der Waals surface area (Å²) in [6, 6.07) is 6.32. The predicted molar refractivity (Wildman–Crippen MR) is 147 cm³/mol. The van der Waals surface area contributed by atoms with Crippen molar-refractivity contribution in [2.24, 2.45) is 11.3 Å². The second-order valence-corrected chi connectivity index (χ2v) is 12.1. The topological polar surface area (TPSA) is 116 Å². The number of nitrogens with zero attached hydrogens (tertiary/aromatic N) is 3. The standard InChI is InChI=1S/C28H34N4O3S2/c1-7-22(24(33)32-26-20(15-30)16(4)23(37-26)27(34)35-9-3)36-25-18(14-29)12-17-13-19(28(5,6)8-2)10-11-21(17)31-25/h12,19,22H,7-11,13H2,1-6H3,(H,32,33). The molecule has 0 spiro atoms. The van der Waals surface area contributed by atoms with Gasteiger partial charge in [-0.05, 0) is 68.1 Å². The Morgan fingerprint density at radius 3 is 2.62 bits per heavy atom. The highest BCUT2D eigenvalue weighted by molar-refractivity contribution is 8.00. The molecule has 2 heterocycles. The third-order valence-corrected chi connectivity index (χ3v) is 9.92. The van der Waals surface area contributed by atoms with Crippen LogP contribution in [0.3, 0.4) is 0 Å². The highest BCUT2D eigenvalue weighted by Gasteiger charge is 2.33. The number of thioether (sulfide) groups is 1. The van der Waals surface area contributed by atoms with Crippen LogP contribution in [0.1, 0.15) is 91.5 Å². The maximum atomic E-state index is 13.2. The summed E-state index contributed by atoms with van der Waals surface area (Å²) in [5, 5.41) is 22.7. The van der Waals surface area contributed by atoms with Crippen LogP contribution in [0.25, 0.3) is 0 Å². The van der Waals surface area contributed by atoms with E-state index in [1.807, 2.05) is 13.0 Å². The minimum absolute atomic E-state index is 0.223. The van der Waals surface area contributed by atoms with Gasteiger partial charge >= 0.3 is 5.97 Å². The van der Waals surface area contributed by atoms with Gasteiger partial charge < -0.3 is 10.1 Å². The van der Waals surface area contributed by atoms with E-state index in [4.69, 9.17) is 9.72 Å². The predicted octanol–water partition coefficient (Wildman–Crippen LogP) is 6.42. The molecule has 0 radical (unpaired) electrons. The summed E-state index contributed by atoms with van der Waals surface area (Å²) < 4.78 is 5.08. The van der Waals surface area contributed by atoms with Gasteiger partial charge in [-0.15, -0.1) is 11.3 Å². The van der Waals surface area contributed by atoms with E-state index in [-0.39, 0.29) is 23.5 Å². The van der Waals surface area contributed by atoms with Crippen molar-refractivity contribution in [2.45, 2.75) is 83.9 Å². The van der Waals surface area contributed by atoms with Crippen molar-refractivity contribution in [1.82, 2.24) is 4.98 Å². The number of aryl methyl sites for hydroxylation is 1. The number of rotatable bonds is 9. The number of fused-ring (bicyclic) bond motifs is 1. The Morgan fingerprint density at radius 1 is 1.30 bits per heavy atom. The lowest BCUT2D eigenvalue weighted by molar-refractivity contribution is -0.115. The number of carbonyl (C=O) groups excluding carboxylic acids is 2. The molecule has 3 rings (SSSR count). The van der Waals surface area contributed by atoms with Crippen LogP contribution in [0.5, 0.6) is 0 Å². The van der Waals surface area contributed by atoms with Gasteiger partial charge in [-0.3, -0.25) is 4.79 Å². The molecule has 2 aromatic rings. The fourth-order valence-corrected chi connectivity index (χ4v) is 6.60. The normalized spacial score (nSPS) is 15.7. The van der Waals surface area contributed by atoms with E-state index in [0.29, 0.717) is 38.4 Å². The van der Waals surface area contributed by atoms with E-state index in [2.05, 4.69) is 38.2 Å². The molecule has 0 bridgehead atoms. The van der Waals surface area contributed by atoms with Gasteiger partial charge in [0.1, 0.15) is 27.0 Å². The summed E-state index contributed by atoms with van der Waals surface area (Å²) in [6.07, 6.45) is 4.45. The van der Waals surface area contributed by atoms with Gasteiger partial charge in [-0.2, -0.15) is 10.5 Å². The number of pyridine rings is 1. The number of thiophene rings is 1. The molecule has 2 aromatic heterocycles. The minimum Gasteiger partial charge on any atom is -0.462 e. The zero-order chi connectivity index (χ0) is 27.3. The van der Waals surface area contributed by atoms with Crippen LogP contribution in [0, 0.1) is 40.9 Å². The zero-order valence-corrected chi connectivity index (χ0v) is 24.0. The van der Waals surface area contributed by atoms with Crippen LogP contribution >= 0.6 is 23.1 Å². The van der Waals surface area contributed by atoms with Crippen LogP contribution in [-0.2, 0) is 22.4 Å². The molecule has 196 valence electrons. The van der Waals surface area contributed by atoms with Crippen LogP contribution < -0.4 is 5.32 Å². The number of esters is 1. The number of nitriles is 2. The van der Waals surface area contributed by atoms with Crippen molar-refractivity contribution in [3.8, 4) is 12.1 Å². The smallest absolute Gasteiger partial charge is 0.348 e. The second kappa shape index (κ2) is 12.1. The highest BCUT2D eigenvalue weighted by atomic mass is 32.2. The summed E-state index contributed by atoms with van der Waals surface area (Å²) in [4.78, 5) is 30.7. The number of amides is 1. The average molecular weight is 539 g/mol. The lowest BCUT2D eigenvalue weighted by Gasteiger charge is -2.37. The van der Waals surface area contributed by atoms with Crippen LogP contribution in [0.2, 0.25) is 0 Å². The lowest BCUT2D eigenvalue weighted by Crippen LogP contribution is -2.29. The van der Waals surface area contributed by atoms with Crippen LogP contribution in [-0.4, -0.2) is 28.7 Å². The number of hydrogen-bond acceptors (Lipinski definition) is 8. The molecular weight excluding hydrogens is 504 g/mol. The van der Waals surface area contributed by atoms with Gasteiger partial charge in [-0.25, -0.2) is 9.78 Å². The molecule has 1 N–H and O–H groups in total. The molecule has 0 aromatic carbocycles. The fraction of sp³-hybridized carbons (Fsp3) is 0.536. The van der Waals surface area contributed by atoms with Crippen LogP contribution in [0.15, 0.2) is 11.1 Å². The number of ether oxygens (including phenoxy) is 1. The summed E-state index contributed by atoms with van der Waals surface area (Å²) in [7, 11) is 0. The summed E-state index contributed by atoms with van der Waals surface area (Å²) in [5.41, 5.74) is 3.62. The molecule has 1 aliphatic rings. The fourth-order valence-electron chi connectivity index (χ4n) is 4.55. The summed E-state index contributed by atoms with van der Waals surface area (Å²) in [5.74, 6) is -0.257. The number of anilines is 1. The molecular formula is C28H34N4O3S2. The molecule has 37 heavy (non-hydrogen) atoms. The Hall–Kier alpha value is -2.88. The molecule has 0 aliphatic heterocycles. The Balaban J connectivity index is 1.83. The third-order valence-electron chi connectivity index (χ3n) is 7.36. The van der Waals surface area contributed by atoms with Crippen LogP contribution in [0.4, 0.5) is 5.00 Å². The van der Waals surface area contributed by atoms with Gasteiger partial charge in [0.2, 0.25) is 5.91 Å². The Labute approximate surface area is 227 Å². The summed E-state index contributed by atoms with van der Waals surface area (Å²) in [6.45, 7) is 12.3. The molecule has 0 fully saturated rings. The van der Waals surface area contributed by atoms with Crippen molar-refractivity contribution in [3.63, 3.8) is 0 Å². The first kappa shape index (κ1) is 28.7. The first-order valence-electron chi connectivity index (χ1n) is 12.7. The molecule has 2 atom stereocenters. The molecule has 1 amide bonds. The van der Waals surface area contributed by atoms with E-state index >= 15 is 0 Å². The maximum Gasteiger partial charge on any atom is 0.348 e. The molecule has 0 saturated carbocycles. The van der Waals surface area contributed by atoms with E-state index in [1.165, 1.54) is 11.8 Å². The monoisotopic (exact) mass is 538 g/mol. The zero-order valence-electron chi connectivity index (χ0n) is 22.4. The maximum absolute atomic E-state index is 13.2. The molecule has 0 saturated heterocycles.